The van der Waals surface area contributed by atoms with Gasteiger partial charge >= 0.3 is 0 Å². The van der Waals surface area contributed by atoms with Gasteiger partial charge in [-0.25, -0.2) is 0 Å². The summed E-state index contributed by atoms with van der Waals surface area (Å²) in [4.78, 5) is 26.3. The van der Waals surface area contributed by atoms with Gasteiger partial charge in [0.05, 0.1) is 11.5 Å². The molecule has 2 rings (SSSR count). The van der Waals surface area contributed by atoms with Crippen LogP contribution in [-0.2, 0) is 9.59 Å². The van der Waals surface area contributed by atoms with E-state index in [0.29, 0.717) is 6.42 Å². The molecule has 4 heteroatoms. The van der Waals surface area contributed by atoms with Crippen LogP contribution in [0.2, 0.25) is 0 Å². The van der Waals surface area contributed by atoms with Crippen molar-refractivity contribution >= 4 is 11.8 Å². The lowest BCUT2D eigenvalue weighted by Gasteiger charge is -2.36. The zero-order valence-corrected chi connectivity index (χ0v) is 11.4. The Morgan fingerprint density at radius 2 is 1.83 bits per heavy atom. The van der Waals surface area contributed by atoms with Crippen molar-refractivity contribution in [2.45, 2.75) is 70.9 Å². The highest BCUT2D eigenvalue weighted by Crippen LogP contribution is 2.41. The molecule has 0 bridgehead atoms. The van der Waals surface area contributed by atoms with Crippen LogP contribution >= 0.6 is 0 Å². The van der Waals surface area contributed by atoms with E-state index >= 15 is 0 Å². The van der Waals surface area contributed by atoms with Crippen molar-refractivity contribution in [2.75, 3.05) is 0 Å². The molecule has 0 aromatic heterocycles. The molecule has 2 N–H and O–H groups in total. The first kappa shape index (κ1) is 13.5. The smallest absolute Gasteiger partial charge is 0.236 e. The van der Waals surface area contributed by atoms with Gasteiger partial charge in [-0.3, -0.25) is 14.5 Å². The van der Waals surface area contributed by atoms with Crippen molar-refractivity contribution in [3.05, 3.63) is 0 Å². The minimum atomic E-state index is -0.450. The number of amides is 2. The van der Waals surface area contributed by atoms with Crippen LogP contribution in [0.3, 0.4) is 0 Å². The molecule has 2 aliphatic rings. The molecular formula is C14H24N2O2. The Kier molecular flexibility index (Phi) is 3.76. The summed E-state index contributed by atoms with van der Waals surface area (Å²) < 4.78 is 0. The molecule has 102 valence electrons. The molecular weight excluding hydrogens is 228 g/mol. The quantitative estimate of drug-likeness (QED) is 0.779. The molecule has 0 aromatic rings. The van der Waals surface area contributed by atoms with Crippen molar-refractivity contribution < 1.29 is 9.59 Å². The van der Waals surface area contributed by atoms with E-state index in [1.807, 2.05) is 13.8 Å². The van der Waals surface area contributed by atoms with Crippen LogP contribution in [0.25, 0.3) is 0 Å². The average molecular weight is 252 g/mol. The second-order valence-corrected chi connectivity index (χ2v) is 5.75. The minimum Gasteiger partial charge on any atom is -0.326 e. The number of imide groups is 1. The van der Waals surface area contributed by atoms with Gasteiger partial charge in [-0.2, -0.15) is 0 Å². The van der Waals surface area contributed by atoms with Gasteiger partial charge in [0.2, 0.25) is 11.8 Å². The Morgan fingerprint density at radius 3 is 2.33 bits per heavy atom. The Bertz CT molecular complexity index is 350. The lowest BCUT2D eigenvalue weighted by Crippen LogP contribution is -2.52. The molecule has 0 radical (unpaired) electrons. The van der Waals surface area contributed by atoms with Crippen molar-refractivity contribution in [1.29, 1.82) is 0 Å². The highest BCUT2D eigenvalue weighted by molar-refractivity contribution is 6.06. The first-order valence-electron chi connectivity index (χ1n) is 7.18. The summed E-state index contributed by atoms with van der Waals surface area (Å²) in [6.07, 6.45) is 5.84. The maximum atomic E-state index is 12.6. The summed E-state index contributed by atoms with van der Waals surface area (Å²) in [5, 5.41) is 0. The first-order chi connectivity index (χ1) is 8.55. The Hall–Kier alpha value is -0.900. The van der Waals surface area contributed by atoms with E-state index in [4.69, 9.17) is 5.73 Å². The van der Waals surface area contributed by atoms with E-state index in [1.165, 1.54) is 4.90 Å². The zero-order valence-electron chi connectivity index (χ0n) is 11.4. The van der Waals surface area contributed by atoms with Crippen LogP contribution in [0.5, 0.6) is 0 Å². The second kappa shape index (κ2) is 5.00. The Morgan fingerprint density at radius 1 is 1.22 bits per heavy atom. The number of hydrogen-bond acceptors (Lipinski definition) is 3. The van der Waals surface area contributed by atoms with Crippen LogP contribution in [0.15, 0.2) is 0 Å². The van der Waals surface area contributed by atoms with Crippen molar-refractivity contribution in [3.63, 3.8) is 0 Å². The SMILES string of the molecule is CCC1(CC)CC(=O)N(C2CCCCC2N)C1=O. The topological polar surface area (TPSA) is 63.4 Å². The monoisotopic (exact) mass is 252 g/mol. The molecule has 2 unspecified atom stereocenters. The highest BCUT2D eigenvalue weighted by atomic mass is 16.2. The molecule has 2 atom stereocenters. The molecule has 1 heterocycles. The minimum absolute atomic E-state index is 0.00829. The number of hydrogen-bond donors (Lipinski definition) is 1. The van der Waals surface area contributed by atoms with E-state index in [0.717, 1.165) is 38.5 Å². The molecule has 0 spiro atoms. The van der Waals surface area contributed by atoms with Crippen LogP contribution in [0, 0.1) is 5.41 Å². The predicted molar refractivity (Wildman–Crippen MR) is 69.7 cm³/mol. The van der Waals surface area contributed by atoms with E-state index in [2.05, 4.69) is 0 Å². The van der Waals surface area contributed by atoms with Crippen molar-refractivity contribution in [1.82, 2.24) is 4.90 Å². The molecule has 1 saturated carbocycles. The molecule has 1 saturated heterocycles. The van der Waals surface area contributed by atoms with Gasteiger partial charge in [0, 0.05) is 12.5 Å². The van der Waals surface area contributed by atoms with Crippen LogP contribution in [0.4, 0.5) is 0 Å². The van der Waals surface area contributed by atoms with Crippen LogP contribution in [-0.4, -0.2) is 28.8 Å². The third kappa shape index (κ3) is 1.96. The molecule has 2 amide bonds. The number of likely N-dealkylation sites (tertiary alicyclic amines) is 1. The number of nitrogens with zero attached hydrogens (tertiary/aromatic N) is 1. The van der Waals surface area contributed by atoms with E-state index in [-0.39, 0.29) is 23.9 Å². The normalized spacial score (nSPS) is 32.1. The maximum Gasteiger partial charge on any atom is 0.236 e. The fourth-order valence-electron chi connectivity index (χ4n) is 3.42. The standard InChI is InChI=1S/C14H24N2O2/c1-3-14(4-2)9-12(17)16(13(14)18)11-8-6-5-7-10(11)15/h10-11H,3-9,15H2,1-2H3. The highest BCUT2D eigenvalue weighted by Gasteiger charge is 2.52. The van der Waals surface area contributed by atoms with Gasteiger partial charge in [0.1, 0.15) is 0 Å². The lowest BCUT2D eigenvalue weighted by molar-refractivity contribution is -0.145. The maximum absolute atomic E-state index is 12.6. The summed E-state index contributed by atoms with van der Waals surface area (Å²) >= 11 is 0. The zero-order chi connectivity index (χ0) is 13.3. The number of carbonyl (C=O) groups is 2. The fourth-order valence-corrected chi connectivity index (χ4v) is 3.42. The summed E-state index contributed by atoms with van der Waals surface area (Å²) in [5.74, 6) is 0.0194. The summed E-state index contributed by atoms with van der Waals surface area (Å²) in [6, 6.07) is -0.0881. The van der Waals surface area contributed by atoms with Gasteiger partial charge in [-0.05, 0) is 25.7 Å². The van der Waals surface area contributed by atoms with Crippen LogP contribution in [0.1, 0.15) is 58.8 Å². The van der Waals surface area contributed by atoms with Gasteiger partial charge in [0.15, 0.2) is 0 Å². The number of carbonyl (C=O) groups excluding carboxylic acids is 2. The van der Waals surface area contributed by atoms with Crippen molar-refractivity contribution in [3.8, 4) is 0 Å². The third-order valence-corrected chi connectivity index (χ3v) is 4.90. The summed E-state index contributed by atoms with van der Waals surface area (Å²) in [7, 11) is 0. The molecule has 1 aliphatic carbocycles. The summed E-state index contributed by atoms with van der Waals surface area (Å²) in [5.41, 5.74) is 5.66. The van der Waals surface area contributed by atoms with Gasteiger partial charge in [-0.15, -0.1) is 0 Å². The molecule has 0 aromatic carbocycles. The number of nitrogens with two attached hydrogens (primary N) is 1. The van der Waals surface area contributed by atoms with Gasteiger partial charge in [0.25, 0.3) is 0 Å². The second-order valence-electron chi connectivity index (χ2n) is 5.75. The van der Waals surface area contributed by atoms with E-state index in [9.17, 15) is 9.59 Å². The van der Waals surface area contributed by atoms with Gasteiger partial charge < -0.3 is 5.73 Å². The average Bonchev–Trinajstić information content (AvgIpc) is 2.62. The molecule has 18 heavy (non-hydrogen) atoms. The van der Waals surface area contributed by atoms with Crippen molar-refractivity contribution in [2.24, 2.45) is 11.1 Å². The van der Waals surface area contributed by atoms with E-state index < -0.39 is 5.41 Å². The third-order valence-electron chi connectivity index (χ3n) is 4.90. The van der Waals surface area contributed by atoms with Crippen LogP contribution < -0.4 is 5.73 Å². The lowest BCUT2D eigenvalue weighted by atomic mass is 9.80. The first-order valence-corrected chi connectivity index (χ1v) is 7.18. The molecule has 4 nitrogen and oxygen atoms in total. The van der Waals surface area contributed by atoms with Gasteiger partial charge in [-0.1, -0.05) is 26.7 Å². The molecule has 1 aliphatic heterocycles. The fraction of sp³-hybridized carbons (Fsp3) is 0.857. The number of rotatable bonds is 3. The summed E-state index contributed by atoms with van der Waals surface area (Å²) in [6.45, 7) is 4.00. The largest absolute Gasteiger partial charge is 0.326 e. The van der Waals surface area contributed by atoms with E-state index in [1.54, 1.807) is 0 Å². The Balaban J connectivity index is 2.23. The predicted octanol–water partition coefficient (Wildman–Crippen LogP) is 1.82. The molecule has 2 fully saturated rings. The Labute approximate surface area is 109 Å².